The maximum Gasteiger partial charge on any atom is 0.340 e. The predicted octanol–water partition coefficient (Wildman–Crippen LogP) is 2.66. The summed E-state index contributed by atoms with van der Waals surface area (Å²) < 4.78 is 5.10. The van der Waals surface area contributed by atoms with Gasteiger partial charge in [-0.15, -0.1) is 0 Å². The molecule has 1 atom stereocenters. The number of hydrogen-bond donors (Lipinski definition) is 1. The summed E-state index contributed by atoms with van der Waals surface area (Å²) in [4.78, 5) is 42.0. The molecule has 2 aromatic rings. The first-order valence-electron chi connectivity index (χ1n) is 7.95. The van der Waals surface area contributed by atoms with Crippen molar-refractivity contribution in [2.24, 2.45) is 0 Å². The van der Waals surface area contributed by atoms with E-state index in [0.29, 0.717) is 11.4 Å². The van der Waals surface area contributed by atoms with Gasteiger partial charge < -0.3 is 15.0 Å². The van der Waals surface area contributed by atoms with E-state index in [0.717, 1.165) is 0 Å². The second kappa shape index (κ2) is 7.53. The highest BCUT2D eigenvalue weighted by molar-refractivity contribution is 6.29. The second-order valence-electron chi connectivity index (χ2n) is 5.83. The number of halogens is 1. The van der Waals surface area contributed by atoms with E-state index in [2.05, 4.69) is 10.3 Å². The number of para-hydroxylation sites is 2. The number of carbonyl (C=O) groups is 3. The smallest absolute Gasteiger partial charge is 0.340 e. The number of rotatable bonds is 3. The molecule has 134 valence electrons. The monoisotopic (exact) mass is 373 g/mol. The number of carbonyl (C=O) groups excluding carboxylic acids is 3. The molecule has 1 N–H and O–H groups in total. The molecule has 26 heavy (non-hydrogen) atoms. The van der Waals surface area contributed by atoms with Crippen LogP contribution in [0.4, 0.5) is 11.4 Å². The Morgan fingerprint density at radius 1 is 1.31 bits per heavy atom. The summed E-state index contributed by atoms with van der Waals surface area (Å²) in [5, 5.41) is 3.03. The zero-order chi connectivity index (χ0) is 18.7. The van der Waals surface area contributed by atoms with Crippen LogP contribution >= 0.6 is 11.6 Å². The SMILES string of the molecule is C[C@H]1CC(=O)Nc2ccccc2N1C(=O)COC(=O)c1ccc(Cl)nc1. The number of benzene rings is 1. The normalized spacial score (nSPS) is 16.3. The molecule has 2 amide bonds. The molecule has 0 unspecified atom stereocenters. The van der Waals surface area contributed by atoms with Gasteiger partial charge in [0.05, 0.1) is 16.9 Å². The average Bonchev–Trinajstić information content (AvgIpc) is 2.74. The number of amides is 2. The Hall–Kier alpha value is -2.93. The van der Waals surface area contributed by atoms with Crippen LogP contribution in [0.15, 0.2) is 42.6 Å². The van der Waals surface area contributed by atoms with Crippen LogP contribution in [0.5, 0.6) is 0 Å². The van der Waals surface area contributed by atoms with Crippen molar-refractivity contribution in [1.82, 2.24) is 4.98 Å². The van der Waals surface area contributed by atoms with Crippen LogP contribution in [0.2, 0.25) is 5.15 Å². The first kappa shape index (κ1) is 17.9. The van der Waals surface area contributed by atoms with Crippen LogP contribution in [0.1, 0.15) is 23.7 Å². The van der Waals surface area contributed by atoms with Crippen LogP contribution in [0.3, 0.4) is 0 Å². The number of nitrogens with zero attached hydrogens (tertiary/aromatic N) is 2. The minimum atomic E-state index is -0.674. The first-order valence-corrected chi connectivity index (χ1v) is 8.33. The summed E-state index contributed by atoms with van der Waals surface area (Å²) in [6.07, 6.45) is 1.43. The van der Waals surface area contributed by atoms with Gasteiger partial charge in [0, 0.05) is 18.7 Å². The predicted molar refractivity (Wildman–Crippen MR) is 96.2 cm³/mol. The molecule has 8 heteroatoms. The molecule has 1 aromatic carbocycles. The van der Waals surface area contributed by atoms with Crippen molar-refractivity contribution in [3.63, 3.8) is 0 Å². The van der Waals surface area contributed by atoms with Crippen molar-refractivity contribution in [3.05, 3.63) is 53.3 Å². The van der Waals surface area contributed by atoms with Gasteiger partial charge in [0.2, 0.25) is 5.91 Å². The Labute approximate surface area is 154 Å². The van der Waals surface area contributed by atoms with Crippen molar-refractivity contribution in [3.8, 4) is 0 Å². The number of nitrogens with one attached hydrogen (secondary N) is 1. The number of hydrogen-bond acceptors (Lipinski definition) is 5. The van der Waals surface area contributed by atoms with E-state index in [-0.39, 0.29) is 29.1 Å². The number of pyridine rings is 1. The molecular formula is C18H16ClN3O4. The van der Waals surface area contributed by atoms with E-state index in [4.69, 9.17) is 16.3 Å². The third kappa shape index (κ3) is 3.83. The summed E-state index contributed by atoms with van der Waals surface area (Å²) in [7, 11) is 0. The van der Waals surface area contributed by atoms with Crippen LogP contribution in [0.25, 0.3) is 0 Å². The lowest BCUT2D eigenvalue weighted by Crippen LogP contribution is -2.41. The highest BCUT2D eigenvalue weighted by atomic mass is 35.5. The average molecular weight is 374 g/mol. The standard InChI is InChI=1S/C18H16ClN3O4/c1-11-8-16(23)21-13-4-2-3-5-14(13)22(11)17(24)10-26-18(25)12-6-7-15(19)20-9-12/h2-7,9,11H,8,10H2,1H3,(H,21,23)/t11-/m0/s1. The van der Waals surface area contributed by atoms with Crippen molar-refractivity contribution >= 4 is 40.8 Å². The lowest BCUT2D eigenvalue weighted by molar-refractivity contribution is -0.122. The van der Waals surface area contributed by atoms with E-state index in [1.54, 1.807) is 31.2 Å². The fourth-order valence-corrected chi connectivity index (χ4v) is 2.86. The maximum atomic E-state index is 12.7. The molecule has 3 rings (SSSR count). The van der Waals surface area contributed by atoms with Gasteiger partial charge in [-0.3, -0.25) is 9.59 Å². The third-order valence-electron chi connectivity index (χ3n) is 3.92. The molecule has 0 radical (unpaired) electrons. The van der Waals surface area contributed by atoms with Gasteiger partial charge in [-0.25, -0.2) is 9.78 Å². The van der Waals surface area contributed by atoms with Gasteiger partial charge in [0.15, 0.2) is 6.61 Å². The molecule has 1 aromatic heterocycles. The third-order valence-corrected chi connectivity index (χ3v) is 4.14. The maximum absolute atomic E-state index is 12.7. The molecule has 1 aliphatic heterocycles. The Morgan fingerprint density at radius 3 is 2.81 bits per heavy atom. The largest absolute Gasteiger partial charge is 0.452 e. The van der Waals surface area contributed by atoms with Gasteiger partial charge in [-0.05, 0) is 31.2 Å². The molecule has 0 saturated heterocycles. The van der Waals surface area contributed by atoms with Crippen molar-refractivity contribution in [2.45, 2.75) is 19.4 Å². The van der Waals surface area contributed by atoms with Gasteiger partial charge in [-0.2, -0.15) is 0 Å². The molecule has 0 fully saturated rings. The molecule has 0 aliphatic carbocycles. The molecule has 1 aliphatic rings. The van der Waals surface area contributed by atoms with Crippen LogP contribution in [-0.2, 0) is 14.3 Å². The second-order valence-corrected chi connectivity index (χ2v) is 6.22. The van der Waals surface area contributed by atoms with Crippen LogP contribution < -0.4 is 10.2 Å². The zero-order valence-electron chi connectivity index (χ0n) is 13.9. The molecule has 0 bridgehead atoms. The number of anilines is 2. The summed E-state index contributed by atoms with van der Waals surface area (Å²) in [6.45, 7) is 1.32. The molecular weight excluding hydrogens is 358 g/mol. The fourth-order valence-electron chi connectivity index (χ4n) is 2.74. The summed E-state index contributed by atoms with van der Waals surface area (Å²) in [5.74, 6) is -1.27. The Bertz CT molecular complexity index is 854. The fraction of sp³-hybridized carbons (Fsp3) is 0.222. The minimum absolute atomic E-state index is 0.148. The van der Waals surface area contributed by atoms with Gasteiger partial charge in [0.25, 0.3) is 5.91 Å². The van der Waals surface area contributed by atoms with Gasteiger partial charge >= 0.3 is 5.97 Å². The minimum Gasteiger partial charge on any atom is -0.452 e. The van der Waals surface area contributed by atoms with E-state index in [9.17, 15) is 14.4 Å². The summed E-state index contributed by atoms with van der Waals surface area (Å²) in [6, 6.07) is 9.55. The van der Waals surface area contributed by atoms with E-state index in [1.165, 1.54) is 23.2 Å². The topological polar surface area (TPSA) is 88.6 Å². The zero-order valence-corrected chi connectivity index (χ0v) is 14.7. The van der Waals surface area contributed by atoms with Gasteiger partial charge in [-0.1, -0.05) is 23.7 Å². The molecule has 0 saturated carbocycles. The first-order chi connectivity index (χ1) is 12.5. The van der Waals surface area contributed by atoms with Crippen LogP contribution in [0, 0.1) is 0 Å². The summed E-state index contributed by atoms with van der Waals surface area (Å²) in [5.41, 5.74) is 1.31. The number of aromatic nitrogens is 1. The quantitative estimate of drug-likeness (QED) is 0.660. The Kier molecular flexibility index (Phi) is 5.18. The highest BCUT2D eigenvalue weighted by Crippen LogP contribution is 2.31. The Balaban J connectivity index is 1.75. The van der Waals surface area contributed by atoms with Crippen molar-refractivity contribution in [2.75, 3.05) is 16.8 Å². The lowest BCUT2D eigenvalue weighted by atomic mass is 10.1. The highest BCUT2D eigenvalue weighted by Gasteiger charge is 2.30. The van der Waals surface area contributed by atoms with Crippen molar-refractivity contribution in [1.29, 1.82) is 0 Å². The van der Waals surface area contributed by atoms with E-state index < -0.39 is 18.5 Å². The number of fused-ring (bicyclic) bond motifs is 1. The molecule has 7 nitrogen and oxygen atoms in total. The van der Waals surface area contributed by atoms with E-state index in [1.807, 2.05) is 0 Å². The van der Waals surface area contributed by atoms with Gasteiger partial charge in [0.1, 0.15) is 5.15 Å². The Morgan fingerprint density at radius 2 is 2.08 bits per heavy atom. The number of ether oxygens (including phenoxy) is 1. The van der Waals surface area contributed by atoms with E-state index >= 15 is 0 Å². The number of esters is 1. The molecule has 0 spiro atoms. The lowest BCUT2D eigenvalue weighted by Gasteiger charge is -2.27. The molecule has 2 heterocycles. The van der Waals surface area contributed by atoms with Crippen LogP contribution in [-0.4, -0.2) is 35.4 Å². The summed E-state index contributed by atoms with van der Waals surface area (Å²) >= 11 is 5.68. The van der Waals surface area contributed by atoms with Crippen molar-refractivity contribution < 1.29 is 19.1 Å².